The van der Waals surface area contributed by atoms with Crippen LogP contribution in [0.1, 0.15) is 35.0 Å². The first-order valence-corrected chi connectivity index (χ1v) is 9.64. The minimum absolute atomic E-state index is 0.0794. The summed E-state index contributed by atoms with van der Waals surface area (Å²) < 4.78 is 45.0. The molecule has 1 unspecified atom stereocenters. The number of benzene rings is 1. The van der Waals surface area contributed by atoms with E-state index < -0.39 is 23.6 Å². The van der Waals surface area contributed by atoms with Gasteiger partial charge in [-0.2, -0.15) is 18.2 Å². The summed E-state index contributed by atoms with van der Waals surface area (Å²) in [5.41, 5.74) is 6.35. The molecule has 0 spiro atoms. The number of carboxylic acids is 1. The highest BCUT2D eigenvalue weighted by Gasteiger charge is 2.30. The Kier molecular flexibility index (Phi) is 5.82. The number of hydrogen-bond donors (Lipinski definition) is 2. The third-order valence-electron chi connectivity index (χ3n) is 4.85. The number of nitrogens with zero attached hydrogens (tertiary/aromatic N) is 5. The number of hydrogen-bond acceptors (Lipinski definition) is 7. The number of imidazole rings is 1. The maximum Gasteiger partial charge on any atom is 0.416 e. The zero-order valence-corrected chi connectivity index (χ0v) is 16.9. The van der Waals surface area contributed by atoms with Crippen molar-refractivity contribution in [3.05, 3.63) is 77.8 Å². The molecule has 4 aromatic rings. The molecule has 1 atom stereocenters. The van der Waals surface area contributed by atoms with Crippen molar-refractivity contribution in [3.8, 4) is 11.5 Å². The summed E-state index contributed by atoms with van der Waals surface area (Å²) in [6, 6.07) is 7.68. The molecule has 1 aromatic carbocycles. The zero-order chi connectivity index (χ0) is 23.6. The first kappa shape index (κ1) is 22.0. The number of pyridine rings is 1. The molecule has 0 aliphatic rings. The average molecular weight is 458 g/mol. The van der Waals surface area contributed by atoms with Gasteiger partial charge in [-0.25, -0.2) is 9.97 Å². The van der Waals surface area contributed by atoms with Crippen molar-refractivity contribution in [3.63, 3.8) is 0 Å². The van der Waals surface area contributed by atoms with Crippen molar-refractivity contribution in [1.29, 1.82) is 0 Å². The van der Waals surface area contributed by atoms with E-state index >= 15 is 0 Å². The number of aliphatic carboxylic acids is 1. The Labute approximate surface area is 184 Å². The topological polar surface area (TPSA) is 133 Å². The quantitative estimate of drug-likeness (QED) is 0.429. The van der Waals surface area contributed by atoms with Crippen LogP contribution >= 0.6 is 0 Å². The number of carboxylic acid groups (broad SMARTS) is 1. The van der Waals surface area contributed by atoms with Gasteiger partial charge in [-0.1, -0.05) is 11.2 Å². The summed E-state index contributed by atoms with van der Waals surface area (Å²) in [7, 11) is 0. The van der Waals surface area contributed by atoms with Gasteiger partial charge >= 0.3 is 12.1 Å². The summed E-state index contributed by atoms with van der Waals surface area (Å²) in [6.07, 6.45) is 0.0557. The van der Waals surface area contributed by atoms with Crippen LogP contribution in [0.15, 0.2) is 59.6 Å². The van der Waals surface area contributed by atoms with E-state index in [-0.39, 0.29) is 24.7 Å². The molecule has 0 aliphatic heterocycles. The van der Waals surface area contributed by atoms with Crippen LogP contribution in [0.2, 0.25) is 0 Å². The number of halogens is 3. The third kappa shape index (κ3) is 5.17. The molecule has 12 heteroatoms. The number of nitrogen functional groups attached to an aromatic ring is 1. The van der Waals surface area contributed by atoms with Crippen molar-refractivity contribution >= 4 is 11.8 Å². The lowest BCUT2D eigenvalue weighted by Crippen LogP contribution is -2.09. The minimum Gasteiger partial charge on any atom is -0.481 e. The lowest BCUT2D eigenvalue weighted by molar-refractivity contribution is -0.138. The largest absolute Gasteiger partial charge is 0.481 e. The first-order valence-electron chi connectivity index (χ1n) is 9.64. The first-order chi connectivity index (χ1) is 15.7. The maximum absolute atomic E-state index is 12.7. The van der Waals surface area contributed by atoms with Crippen LogP contribution in [0, 0.1) is 0 Å². The summed E-state index contributed by atoms with van der Waals surface area (Å²) >= 11 is 0. The van der Waals surface area contributed by atoms with E-state index in [0.717, 1.165) is 12.1 Å². The standard InChI is InChI=1S/C21H17F3N6O3/c22-21(23,24)14-4-1-12(2-5-14)20-28-18(29-33-20)10-30-9-16(27-11-30)15(7-19(31)32)13-3-6-17(25)26-8-13/h1-6,8-9,11,15H,7,10H2,(H2,25,26)(H,31,32). The highest BCUT2D eigenvalue weighted by molar-refractivity contribution is 5.68. The smallest absolute Gasteiger partial charge is 0.416 e. The lowest BCUT2D eigenvalue weighted by atomic mass is 9.94. The number of nitrogens with two attached hydrogens (primary N) is 1. The van der Waals surface area contributed by atoms with Crippen LogP contribution in [0.4, 0.5) is 19.0 Å². The second kappa shape index (κ2) is 8.73. The Bertz CT molecular complexity index is 1250. The number of alkyl halides is 3. The minimum atomic E-state index is -4.43. The number of aromatic nitrogens is 5. The Balaban J connectivity index is 1.51. The van der Waals surface area contributed by atoms with Crippen LogP contribution in [0.25, 0.3) is 11.5 Å². The highest BCUT2D eigenvalue weighted by atomic mass is 19.4. The van der Waals surface area contributed by atoms with Crippen LogP contribution in [-0.2, 0) is 17.5 Å². The molecule has 0 saturated heterocycles. The summed E-state index contributed by atoms with van der Waals surface area (Å²) in [6.45, 7) is 0.164. The fraction of sp³-hybridized carbons (Fsp3) is 0.190. The van der Waals surface area contributed by atoms with Crippen molar-refractivity contribution < 1.29 is 27.6 Å². The second-order valence-electron chi connectivity index (χ2n) is 7.23. The summed E-state index contributed by atoms with van der Waals surface area (Å²) in [4.78, 5) is 23.9. The molecule has 0 fully saturated rings. The van der Waals surface area contributed by atoms with E-state index in [9.17, 15) is 23.1 Å². The van der Waals surface area contributed by atoms with Crippen LogP contribution in [-0.4, -0.2) is 35.8 Å². The Morgan fingerprint density at radius 2 is 1.91 bits per heavy atom. The second-order valence-corrected chi connectivity index (χ2v) is 7.23. The van der Waals surface area contributed by atoms with Gasteiger partial charge in [-0.15, -0.1) is 0 Å². The van der Waals surface area contributed by atoms with Crippen molar-refractivity contribution in [2.75, 3.05) is 5.73 Å². The van der Waals surface area contributed by atoms with E-state index in [1.807, 2.05) is 0 Å². The van der Waals surface area contributed by atoms with E-state index in [4.69, 9.17) is 10.3 Å². The van der Waals surface area contributed by atoms with Gasteiger partial charge in [-0.05, 0) is 35.9 Å². The van der Waals surface area contributed by atoms with Crippen LogP contribution in [0.3, 0.4) is 0 Å². The molecule has 0 saturated carbocycles. The van der Waals surface area contributed by atoms with Crippen molar-refractivity contribution in [1.82, 2.24) is 24.7 Å². The third-order valence-corrected chi connectivity index (χ3v) is 4.85. The molecule has 3 heterocycles. The van der Waals surface area contributed by atoms with Gasteiger partial charge in [0.1, 0.15) is 5.82 Å². The van der Waals surface area contributed by atoms with Crippen LogP contribution in [0.5, 0.6) is 0 Å². The average Bonchev–Trinajstić information content (AvgIpc) is 3.42. The molecule has 0 bridgehead atoms. The molecule has 0 aliphatic carbocycles. The molecule has 0 amide bonds. The maximum atomic E-state index is 12.7. The molecule has 3 N–H and O–H groups in total. The molecule has 33 heavy (non-hydrogen) atoms. The highest BCUT2D eigenvalue weighted by Crippen LogP contribution is 2.31. The van der Waals surface area contributed by atoms with Crippen molar-refractivity contribution in [2.45, 2.75) is 25.1 Å². The Morgan fingerprint density at radius 1 is 1.15 bits per heavy atom. The monoisotopic (exact) mass is 458 g/mol. The summed E-state index contributed by atoms with van der Waals surface area (Å²) in [5, 5.41) is 13.2. The number of carbonyl (C=O) groups is 1. The van der Waals surface area contributed by atoms with E-state index in [0.29, 0.717) is 22.6 Å². The fourth-order valence-corrected chi connectivity index (χ4v) is 3.23. The normalized spacial score (nSPS) is 12.6. The van der Waals surface area contributed by atoms with Gasteiger partial charge < -0.3 is 19.9 Å². The Morgan fingerprint density at radius 3 is 2.55 bits per heavy atom. The molecular formula is C21H17F3N6O3. The molecule has 0 radical (unpaired) electrons. The number of anilines is 1. The predicted octanol–water partition coefficient (Wildman–Crippen LogP) is 3.58. The Hall–Kier alpha value is -4.22. The van der Waals surface area contributed by atoms with Crippen molar-refractivity contribution in [2.24, 2.45) is 0 Å². The van der Waals surface area contributed by atoms with Gasteiger partial charge in [0, 0.05) is 23.9 Å². The number of rotatable bonds is 7. The van der Waals surface area contributed by atoms with Gasteiger partial charge in [0.05, 0.1) is 30.6 Å². The summed E-state index contributed by atoms with van der Waals surface area (Å²) in [5.74, 6) is -0.858. The van der Waals surface area contributed by atoms with E-state index in [1.165, 1.54) is 24.7 Å². The van der Waals surface area contributed by atoms with Gasteiger partial charge in [0.15, 0.2) is 5.82 Å². The van der Waals surface area contributed by atoms with E-state index in [2.05, 4.69) is 20.1 Å². The predicted molar refractivity (Wildman–Crippen MR) is 109 cm³/mol. The van der Waals surface area contributed by atoms with Gasteiger partial charge in [0.25, 0.3) is 5.89 Å². The van der Waals surface area contributed by atoms with E-state index in [1.54, 1.807) is 22.9 Å². The molecular weight excluding hydrogens is 441 g/mol. The molecule has 3 aromatic heterocycles. The fourth-order valence-electron chi connectivity index (χ4n) is 3.23. The zero-order valence-electron chi connectivity index (χ0n) is 16.9. The SMILES string of the molecule is Nc1ccc(C(CC(=O)O)c2cn(Cc3noc(-c4ccc(C(F)(F)F)cc4)n3)cn2)cn1. The van der Waals surface area contributed by atoms with Crippen LogP contribution < -0.4 is 5.73 Å². The molecule has 170 valence electrons. The van der Waals surface area contributed by atoms with Gasteiger partial charge in [0.2, 0.25) is 0 Å². The molecule has 4 rings (SSSR count). The molecule has 9 nitrogen and oxygen atoms in total. The lowest BCUT2D eigenvalue weighted by Gasteiger charge is -2.12. The van der Waals surface area contributed by atoms with Gasteiger partial charge in [-0.3, -0.25) is 4.79 Å².